The van der Waals surface area contributed by atoms with Gasteiger partial charge in [-0.15, -0.1) is 0 Å². The topological polar surface area (TPSA) is 69.2 Å². The second-order valence-corrected chi connectivity index (χ2v) is 9.36. The van der Waals surface area contributed by atoms with Crippen molar-refractivity contribution < 1.29 is 4.79 Å². The molecule has 2 heterocycles. The van der Waals surface area contributed by atoms with Gasteiger partial charge < -0.3 is 10.2 Å². The van der Waals surface area contributed by atoms with Gasteiger partial charge in [-0.05, 0) is 50.2 Å². The molecule has 0 bridgehead atoms. The second-order valence-electron chi connectivity index (χ2n) is 8.97. The molecule has 1 fully saturated rings. The van der Waals surface area contributed by atoms with Crippen LogP contribution >= 0.6 is 12.2 Å². The van der Waals surface area contributed by atoms with Crippen molar-refractivity contribution in [3.05, 3.63) is 70.5 Å². The fraction of sp³-hybridized carbons (Fsp3) is 0.423. The zero-order valence-electron chi connectivity index (χ0n) is 19.9. The van der Waals surface area contributed by atoms with Gasteiger partial charge in [0.25, 0.3) is 0 Å². The van der Waals surface area contributed by atoms with E-state index >= 15 is 0 Å². The molecule has 0 unspecified atom stereocenters. The fourth-order valence-corrected chi connectivity index (χ4v) is 4.57. The van der Waals surface area contributed by atoms with Gasteiger partial charge >= 0.3 is 0 Å². The predicted octanol–water partition coefficient (Wildman–Crippen LogP) is 3.63. The average Bonchev–Trinajstić information content (AvgIpc) is 3.20. The van der Waals surface area contributed by atoms with Gasteiger partial charge in [0.2, 0.25) is 5.91 Å². The molecule has 1 aliphatic rings. The molecule has 2 N–H and O–H groups in total. The van der Waals surface area contributed by atoms with E-state index in [2.05, 4.69) is 55.6 Å². The first-order valence-electron chi connectivity index (χ1n) is 12.1. The molecule has 2 aromatic carbocycles. The summed E-state index contributed by atoms with van der Waals surface area (Å²) < 4.78 is 2.21. The fourth-order valence-electron chi connectivity index (χ4n) is 4.37. The van der Waals surface area contributed by atoms with Crippen LogP contribution in [0.3, 0.4) is 0 Å². The van der Waals surface area contributed by atoms with Gasteiger partial charge in [-0.1, -0.05) is 54.1 Å². The Morgan fingerprint density at radius 1 is 1.03 bits per heavy atom. The number of benzene rings is 2. The first kappa shape index (κ1) is 24.3. The lowest BCUT2D eigenvalue weighted by atomic mass is 10.1. The van der Waals surface area contributed by atoms with Crippen LogP contribution in [0, 0.1) is 11.7 Å². The standard InChI is InChI=1S/C26H34N6OS/c1-21-8-7-11-23(18-21)25-28-29-26(34)32(25)20-24(33)27-12-5-6-13-30-14-16-31(17-15-30)19-22-9-3-2-4-10-22/h2-4,7-11,18H,5-6,12-17,19-20H2,1H3,(H,27,33)(H,29,34). The molecule has 0 saturated carbocycles. The Balaban J connectivity index is 1.14. The van der Waals surface area contributed by atoms with E-state index in [4.69, 9.17) is 12.2 Å². The highest BCUT2D eigenvalue weighted by Crippen LogP contribution is 2.18. The lowest BCUT2D eigenvalue weighted by Gasteiger charge is -2.34. The Labute approximate surface area is 206 Å². The summed E-state index contributed by atoms with van der Waals surface area (Å²) >= 11 is 5.35. The molecule has 8 heteroatoms. The van der Waals surface area contributed by atoms with Gasteiger partial charge in [0, 0.05) is 44.8 Å². The third kappa shape index (κ3) is 6.85. The Morgan fingerprint density at radius 3 is 2.56 bits per heavy atom. The Hall–Kier alpha value is -2.81. The van der Waals surface area contributed by atoms with Gasteiger partial charge in [-0.2, -0.15) is 5.10 Å². The van der Waals surface area contributed by atoms with Crippen LogP contribution in [0.15, 0.2) is 54.6 Å². The number of aryl methyl sites for hydroxylation is 1. The SMILES string of the molecule is Cc1cccc(-c2n[nH]c(=S)n2CC(=O)NCCCCN2CCN(Cc3ccccc3)CC2)c1. The van der Waals surface area contributed by atoms with Crippen molar-refractivity contribution in [2.45, 2.75) is 32.9 Å². The van der Waals surface area contributed by atoms with E-state index in [0.29, 0.717) is 17.1 Å². The summed E-state index contributed by atoms with van der Waals surface area (Å²) in [7, 11) is 0. The molecule has 0 spiro atoms. The summed E-state index contributed by atoms with van der Waals surface area (Å²) in [6.07, 6.45) is 2.05. The van der Waals surface area contributed by atoms with E-state index in [1.807, 2.05) is 31.2 Å². The number of hydrogen-bond acceptors (Lipinski definition) is 5. The van der Waals surface area contributed by atoms with E-state index in [1.54, 1.807) is 4.57 Å². The van der Waals surface area contributed by atoms with Crippen LogP contribution in [0.2, 0.25) is 0 Å². The highest BCUT2D eigenvalue weighted by Gasteiger charge is 2.16. The molecule has 0 radical (unpaired) electrons. The molecule has 1 amide bonds. The maximum atomic E-state index is 12.5. The van der Waals surface area contributed by atoms with Crippen molar-refractivity contribution in [3.8, 4) is 11.4 Å². The molecule has 3 aromatic rings. The minimum atomic E-state index is -0.0408. The van der Waals surface area contributed by atoms with Crippen molar-refractivity contribution in [2.24, 2.45) is 0 Å². The molecule has 0 aliphatic carbocycles. The third-order valence-electron chi connectivity index (χ3n) is 6.27. The monoisotopic (exact) mass is 478 g/mol. The number of rotatable bonds is 10. The second kappa shape index (κ2) is 12.1. The lowest BCUT2D eigenvalue weighted by molar-refractivity contribution is -0.121. The van der Waals surface area contributed by atoms with Crippen LogP contribution in [0.25, 0.3) is 11.4 Å². The van der Waals surface area contributed by atoms with E-state index in [9.17, 15) is 4.79 Å². The summed E-state index contributed by atoms with van der Waals surface area (Å²) in [5.74, 6) is 0.649. The normalized spacial score (nSPS) is 14.9. The highest BCUT2D eigenvalue weighted by atomic mass is 32.1. The molecule has 34 heavy (non-hydrogen) atoms. The van der Waals surface area contributed by atoms with Gasteiger partial charge in [-0.25, -0.2) is 0 Å². The van der Waals surface area contributed by atoms with Gasteiger partial charge in [0.05, 0.1) is 0 Å². The summed E-state index contributed by atoms with van der Waals surface area (Å²) in [5.41, 5.74) is 3.47. The molecule has 7 nitrogen and oxygen atoms in total. The summed E-state index contributed by atoms with van der Waals surface area (Å²) in [4.78, 5) is 17.6. The van der Waals surface area contributed by atoms with Gasteiger partial charge in [0.1, 0.15) is 6.54 Å². The molecular weight excluding hydrogens is 444 g/mol. The Morgan fingerprint density at radius 2 is 1.79 bits per heavy atom. The largest absolute Gasteiger partial charge is 0.355 e. The number of aromatic nitrogens is 3. The average molecular weight is 479 g/mol. The van der Waals surface area contributed by atoms with Crippen molar-refractivity contribution in [1.29, 1.82) is 0 Å². The van der Waals surface area contributed by atoms with E-state index in [0.717, 1.165) is 63.2 Å². The third-order valence-corrected chi connectivity index (χ3v) is 6.59. The number of hydrogen-bond donors (Lipinski definition) is 2. The zero-order valence-corrected chi connectivity index (χ0v) is 20.7. The molecular formula is C26H34N6OS. The predicted molar refractivity (Wildman–Crippen MR) is 138 cm³/mol. The Kier molecular flexibility index (Phi) is 8.62. The van der Waals surface area contributed by atoms with Crippen LogP contribution in [-0.4, -0.2) is 69.7 Å². The first-order chi connectivity index (χ1) is 16.6. The van der Waals surface area contributed by atoms with Crippen LogP contribution in [0.5, 0.6) is 0 Å². The van der Waals surface area contributed by atoms with Crippen molar-refractivity contribution >= 4 is 18.1 Å². The molecule has 0 atom stereocenters. The number of aromatic amines is 1. The van der Waals surface area contributed by atoms with E-state index < -0.39 is 0 Å². The molecule has 1 aromatic heterocycles. The number of carbonyl (C=O) groups is 1. The maximum absolute atomic E-state index is 12.5. The van der Waals surface area contributed by atoms with Crippen LogP contribution in [-0.2, 0) is 17.9 Å². The minimum absolute atomic E-state index is 0.0408. The van der Waals surface area contributed by atoms with E-state index in [1.165, 1.54) is 5.56 Å². The quantitative estimate of drug-likeness (QED) is 0.344. The smallest absolute Gasteiger partial charge is 0.240 e. The summed E-state index contributed by atoms with van der Waals surface area (Å²) in [6.45, 7) is 9.44. The molecule has 1 aliphatic heterocycles. The summed E-state index contributed by atoms with van der Waals surface area (Å²) in [5, 5.41) is 10.2. The number of unbranched alkanes of at least 4 members (excludes halogenated alkanes) is 1. The van der Waals surface area contributed by atoms with Crippen molar-refractivity contribution in [1.82, 2.24) is 29.9 Å². The minimum Gasteiger partial charge on any atom is -0.355 e. The molecule has 4 rings (SSSR count). The highest BCUT2D eigenvalue weighted by molar-refractivity contribution is 7.71. The number of piperazine rings is 1. The number of carbonyl (C=O) groups excluding carboxylic acids is 1. The van der Waals surface area contributed by atoms with Crippen molar-refractivity contribution in [2.75, 3.05) is 39.3 Å². The maximum Gasteiger partial charge on any atom is 0.240 e. The van der Waals surface area contributed by atoms with Gasteiger partial charge in [-0.3, -0.25) is 19.4 Å². The number of nitrogens with zero attached hydrogens (tertiary/aromatic N) is 4. The van der Waals surface area contributed by atoms with Gasteiger partial charge in [0.15, 0.2) is 10.6 Å². The first-order valence-corrected chi connectivity index (χ1v) is 12.5. The van der Waals surface area contributed by atoms with Crippen LogP contribution in [0.4, 0.5) is 0 Å². The van der Waals surface area contributed by atoms with E-state index in [-0.39, 0.29) is 12.5 Å². The number of nitrogens with one attached hydrogen (secondary N) is 2. The molecule has 180 valence electrons. The van der Waals surface area contributed by atoms with Crippen molar-refractivity contribution in [3.63, 3.8) is 0 Å². The number of amides is 1. The number of H-pyrrole nitrogens is 1. The zero-order chi connectivity index (χ0) is 23.8. The Bertz CT molecular complexity index is 1120. The summed E-state index contributed by atoms with van der Waals surface area (Å²) in [6, 6.07) is 18.7. The van der Waals surface area contributed by atoms with Crippen LogP contribution < -0.4 is 5.32 Å². The lowest BCUT2D eigenvalue weighted by Crippen LogP contribution is -2.46. The van der Waals surface area contributed by atoms with Crippen LogP contribution in [0.1, 0.15) is 24.0 Å². The molecule has 1 saturated heterocycles.